The number of nitrogens with zero attached hydrogens (tertiary/aromatic N) is 2. The fourth-order valence-electron chi connectivity index (χ4n) is 4.24. The molecular formula is C26H23ClN2O4. The monoisotopic (exact) mass is 462 g/mol. The molecule has 7 heteroatoms. The molecule has 1 saturated heterocycles. The highest BCUT2D eigenvalue weighted by Gasteiger charge is 2.47. The minimum Gasteiger partial charge on any atom is -0.507 e. The molecule has 168 valence electrons. The molecule has 3 aromatic rings. The van der Waals surface area contributed by atoms with E-state index in [1.165, 1.54) is 12.0 Å². The molecule has 4 rings (SSSR count). The summed E-state index contributed by atoms with van der Waals surface area (Å²) in [7, 11) is 1.50. The van der Waals surface area contributed by atoms with Crippen LogP contribution < -0.4 is 9.64 Å². The number of carbonyl (C=O) groups excluding carboxylic acids is 2. The molecule has 2 aromatic carbocycles. The van der Waals surface area contributed by atoms with E-state index in [1.807, 2.05) is 26.8 Å². The third-order valence-electron chi connectivity index (χ3n) is 5.78. The zero-order chi connectivity index (χ0) is 23.9. The van der Waals surface area contributed by atoms with Gasteiger partial charge < -0.3 is 9.84 Å². The summed E-state index contributed by atoms with van der Waals surface area (Å²) in [6.07, 6.45) is 3.16. The molecule has 1 amide bonds. The van der Waals surface area contributed by atoms with Gasteiger partial charge in [0.25, 0.3) is 11.7 Å². The van der Waals surface area contributed by atoms with Gasteiger partial charge >= 0.3 is 0 Å². The van der Waals surface area contributed by atoms with Crippen molar-refractivity contribution >= 4 is 34.7 Å². The molecule has 1 aliphatic rings. The van der Waals surface area contributed by atoms with Crippen molar-refractivity contribution < 1.29 is 19.4 Å². The van der Waals surface area contributed by atoms with Crippen molar-refractivity contribution in [1.82, 2.24) is 4.98 Å². The van der Waals surface area contributed by atoms with Gasteiger partial charge in [-0.15, -0.1) is 0 Å². The third kappa shape index (κ3) is 3.87. The van der Waals surface area contributed by atoms with Crippen LogP contribution in [0.4, 0.5) is 5.69 Å². The molecule has 6 nitrogen and oxygen atoms in total. The van der Waals surface area contributed by atoms with Gasteiger partial charge in [-0.2, -0.15) is 0 Å². The predicted molar refractivity (Wildman–Crippen MR) is 128 cm³/mol. The van der Waals surface area contributed by atoms with E-state index in [1.54, 1.807) is 48.8 Å². The molecule has 2 heterocycles. The van der Waals surface area contributed by atoms with E-state index >= 15 is 0 Å². The second-order valence-corrected chi connectivity index (χ2v) is 8.45. The summed E-state index contributed by atoms with van der Waals surface area (Å²) in [6.45, 7) is 5.60. The van der Waals surface area contributed by atoms with Crippen LogP contribution in [-0.4, -0.2) is 28.9 Å². The Balaban J connectivity index is 2.00. The van der Waals surface area contributed by atoms with Crippen LogP contribution in [0.1, 0.15) is 33.9 Å². The molecule has 1 aliphatic heterocycles. The molecule has 0 saturated carbocycles. The first-order chi connectivity index (χ1) is 15.7. The number of halogens is 1. The topological polar surface area (TPSA) is 79.7 Å². The van der Waals surface area contributed by atoms with Crippen LogP contribution >= 0.6 is 11.6 Å². The minimum absolute atomic E-state index is 0.0220. The summed E-state index contributed by atoms with van der Waals surface area (Å²) in [5, 5.41) is 11.9. The number of anilines is 1. The Morgan fingerprint density at radius 2 is 1.73 bits per heavy atom. The van der Waals surface area contributed by atoms with E-state index in [-0.39, 0.29) is 11.3 Å². The summed E-state index contributed by atoms with van der Waals surface area (Å²) in [5.41, 5.74) is 3.96. The van der Waals surface area contributed by atoms with Crippen LogP contribution in [0.5, 0.6) is 5.75 Å². The Kier molecular flexibility index (Phi) is 5.95. The van der Waals surface area contributed by atoms with Gasteiger partial charge in [0, 0.05) is 23.1 Å². The first-order valence-corrected chi connectivity index (χ1v) is 10.7. The number of ether oxygens (including phenoxy) is 1. The summed E-state index contributed by atoms with van der Waals surface area (Å²) < 4.78 is 5.52. The van der Waals surface area contributed by atoms with Crippen molar-refractivity contribution in [2.24, 2.45) is 0 Å². The average molecular weight is 463 g/mol. The minimum atomic E-state index is -0.864. The number of aliphatic hydroxyl groups is 1. The molecule has 33 heavy (non-hydrogen) atoms. The number of pyridine rings is 1. The highest BCUT2D eigenvalue weighted by molar-refractivity contribution is 6.52. The summed E-state index contributed by atoms with van der Waals surface area (Å²) in [4.78, 5) is 32.0. The Morgan fingerprint density at radius 1 is 1.03 bits per heavy atom. The van der Waals surface area contributed by atoms with Crippen molar-refractivity contribution in [3.05, 3.63) is 93.3 Å². The molecule has 1 fully saturated rings. The first kappa shape index (κ1) is 22.6. The molecule has 0 aliphatic carbocycles. The lowest BCUT2D eigenvalue weighted by molar-refractivity contribution is -0.132. The number of aryl methyl sites for hydroxylation is 3. The van der Waals surface area contributed by atoms with E-state index in [4.69, 9.17) is 16.3 Å². The van der Waals surface area contributed by atoms with Gasteiger partial charge in [-0.05, 0) is 73.4 Å². The molecule has 1 unspecified atom stereocenters. The fraction of sp³-hybridized carbons (Fsp3) is 0.192. The Labute approximate surface area is 197 Å². The van der Waals surface area contributed by atoms with E-state index in [2.05, 4.69) is 4.98 Å². The van der Waals surface area contributed by atoms with Gasteiger partial charge in [0.05, 0.1) is 24.3 Å². The highest BCUT2D eigenvalue weighted by atomic mass is 35.5. The van der Waals surface area contributed by atoms with Crippen LogP contribution in [0.3, 0.4) is 0 Å². The lowest BCUT2D eigenvalue weighted by Gasteiger charge is -2.26. The number of benzene rings is 2. The summed E-state index contributed by atoms with van der Waals surface area (Å²) >= 11 is 6.33. The third-order valence-corrected chi connectivity index (χ3v) is 6.19. The number of rotatable bonds is 4. The van der Waals surface area contributed by atoms with Gasteiger partial charge in [-0.3, -0.25) is 19.5 Å². The molecule has 1 atom stereocenters. The summed E-state index contributed by atoms with van der Waals surface area (Å²) in [6, 6.07) is 11.4. The van der Waals surface area contributed by atoms with Crippen LogP contribution in [0.2, 0.25) is 5.02 Å². The Hall–Kier alpha value is -3.64. The maximum atomic E-state index is 13.3. The molecule has 0 spiro atoms. The molecule has 0 radical (unpaired) electrons. The smallest absolute Gasteiger partial charge is 0.300 e. The van der Waals surface area contributed by atoms with Gasteiger partial charge in [0.1, 0.15) is 11.5 Å². The molecular weight excluding hydrogens is 440 g/mol. The number of carbonyl (C=O) groups is 2. The molecule has 1 N–H and O–H groups in total. The number of Topliss-reactive ketones (excluding diaryl/α,β-unsaturated/α-hetero) is 1. The SMILES string of the molecule is COc1c(C)cc(C)cc1/C(O)=C1\C(=O)C(=O)N(c2ccc(C)c(Cl)c2)C1c1ccncc1. The maximum Gasteiger partial charge on any atom is 0.300 e. The number of aliphatic hydroxyl groups excluding tert-OH is 1. The van der Waals surface area contributed by atoms with E-state index in [9.17, 15) is 14.7 Å². The number of amides is 1. The number of methoxy groups -OCH3 is 1. The number of aromatic nitrogens is 1. The Morgan fingerprint density at radius 3 is 2.36 bits per heavy atom. The normalized spacial score (nSPS) is 17.5. The van der Waals surface area contributed by atoms with Crippen molar-refractivity contribution in [2.75, 3.05) is 12.0 Å². The standard InChI is InChI=1S/C26H23ClN2O4/c1-14-11-16(3)25(33-4)19(12-14)23(30)21-22(17-7-9-28-10-8-17)29(26(32)24(21)31)18-6-5-15(2)20(27)13-18/h5-13,22,30H,1-4H3/b23-21+. The predicted octanol–water partition coefficient (Wildman–Crippen LogP) is 5.30. The van der Waals surface area contributed by atoms with Crippen molar-refractivity contribution in [2.45, 2.75) is 26.8 Å². The van der Waals surface area contributed by atoms with E-state index < -0.39 is 17.7 Å². The van der Waals surface area contributed by atoms with Crippen molar-refractivity contribution in [3.63, 3.8) is 0 Å². The summed E-state index contributed by atoms with van der Waals surface area (Å²) in [5.74, 6) is -1.38. The quantitative estimate of drug-likeness (QED) is 0.323. The highest BCUT2D eigenvalue weighted by Crippen LogP contribution is 2.44. The van der Waals surface area contributed by atoms with Crippen LogP contribution in [-0.2, 0) is 9.59 Å². The fourth-order valence-corrected chi connectivity index (χ4v) is 4.41. The lowest BCUT2D eigenvalue weighted by atomic mass is 9.94. The van der Waals surface area contributed by atoms with Crippen molar-refractivity contribution in [3.8, 4) is 5.75 Å². The number of hydrogen-bond donors (Lipinski definition) is 1. The number of ketones is 1. The zero-order valence-corrected chi connectivity index (χ0v) is 19.5. The van der Waals surface area contributed by atoms with E-state index in [0.29, 0.717) is 27.6 Å². The van der Waals surface area contributed by atoms with Crippen LogP contribution in [0.25, 0.3) is 5.76 Å². The van der Waals surface area contributed by atoms with Gasteiger partial charge in [-0.1, -0.05) is 23.7 Å². The first-order valence-electron chi connectivity index (χ1n) is 10.4. The van der Waals surface area contributed by atoms with Gasteiger partial charge in [0.15, 0.2) is 0 Å². The maximum absolute atomic E-state index is 13.3. The van der Waals surface area contributed by atoms with Crippen LogP contribution in [0.15, 0.2) is 60.4 Å². The number of hydrogen-bond acceptors (Lipinski definition) is 5. The second-order valence-electron chi connectivity index (χ2n) is 8.05. The molecule has 0 bridgehead atoms. The van der Waals surface area contributed by atoms with E-state index in [0.717, 1.165) is 16.7 Å². The Bertz CT molecular complexity index is 1300. The van der Waals surface area contributed by atoms with Crippen molar-refractivity contribution in [1.29, 1.82) is 0 Å². The molecule has 1 aromatic heterocycles. The van der Waals surface area contributed by atoms with Gasteiger partial charge in [-0.25, -0.2) is 0 Å². The lowest BCUT2D eigenvalue weighted by Crippen LogP contribution is -2.29. The average Bonchev–Trinajstić information content (AvgIpc) is 3.06. The largest absolute Gasteiger partial charge is 0.507 e. The van der Waals surface area contributed by atoms with Crippen LogP contribution in [0, 0.1) is 20.8 Å². The van der Waals surface area contributed by atoms with Gasteiger partial charge in [0.2, 0.25) is 0 Å². The second kappa shape index (κ2) is 8.71. The zero-order valence-electron chi connectivity index (χ0n) is 18.7.